The predicted octanol–water partition coefficient (Wildman–Crippen LogP) is 1.97. The number of rotatable bonds is 4. The first-order valence-corrected chi connectivity index (χ1v) is 11.5. The summed E-state index contributed by atoms with van der Waals surface area (Å²) in [6.45, 7) is 1.70. The molecular weight excluding hydrogens is 446 g/mol. The Balaban J connectivity index is 1.46. The zero-order valence-electron chi connectivity index (χ0n) is 16.4. The number of carbonyl (C=O) groups is 2. The fourth-order valence-electron chi connectivity index (χ4n) is 3.35. The molecule has 0 radical (unpaired) electrons. The number of sulfonamides is 1. The molecule has 1 saturated heterocycles. The van der Waals surface area contributed by atoms with E-state index in [9.17, 15) is 18.0 Å². The van der Waals surface area contributed by atoms with Gasteiger partial charge in [-0.25, -0.2) is 8.42 Å². The Morgan fingerprint density at radius 3 is 2.32 bits per heavy atom. The molecule has 11 heteroatoms. The maximum Gasteiger partial charge on any atom is 0.271 e. The fourth-order valence-corrected chi connectivity index (χ4v) is 5.10. The second kappa shape index (κ2) is 8.74. The van der Waals surface area contributed by atoms with Crippen molar-refractivity contribution >= 4 is 33.4 Å². The molecule has 0 bridgehead atoms. The minimum atomic E-state index is -3.71. The molecule has 2 heterocycles. The van der Waals surface area contributed by atoms with Gasteiger partial charge < -0.3 is 9.47 Å². The molecule has 0 aromatic heterocycles. The first-order valence-electron chi connectivity index (χ1n) is 9.66. The van der Waals surface area contributed by atoms with Crippen molar-refractivity contribution in [1.82, 2.24) is 15.2 Å². The summed E-state index contributed by atoms with van der Waals surface area (Å²) >= 11 is 6.10. The Hall–Kier alpha value is -2.82. The van der Waals surface area contributed by atoms with Crippen LogP contribution in [0.5, 0.6) is 11.5 Å². The molecule has 0 atom stereocenters. The molecule has 2 N–H and O–H groups in total. The standard InChI is InChI=1S/C20H20ClN3O6S/c21-16-5-4-14(31(27,28)24-7-1-2-8-24)12-15(16)20(26)23-22-19(25)13-3-6-17-18(11-13)30-10-9-29-17/h3-6,11-12H,1-2,7-10H2,(H,22,25)(H,23,26). The average Bonchev–Trinajstić information content (AvgIpc) is 3.33. The number of carbonyl (C=O) groups excluding carboxylic acids is 2. The number of hydrogen-bond acceptors (Lipinski definition) is 6. The van der Waals surface area contributed by atoms with E-state index in [2.05, 4.69) is 10.9 Å². The Morgan fingerprint density at radius 1 is 0.903 bits per heavy atom. The summed E-state index contributed by atoms with van der Waals surface area (Å²) in [6, 6.07) is 8.57. The van der Waals surface area contributed by atoms with Crippen molar-refractivity contribution in [3.8, 4) is 11.5 Å². The number of fused-ring (bicyclic) bond motifs is 1. The molecule has 4 rings (SSSR count). The van der Waals surface area contributed by atoms with Crippen LogP contribution in [0, 0.1) is 0 Å². The molecule has 164 valence electrons. The van der Waals surface area contributed by atoms with Crippen LogP contribution in [0.25, 0.3) is 0 Å². The highest BCUT2D eigenvalue weighted by Gasteiger charge is 2.28. The van der Waals surface area contributed by atoms with Crippen LogP contribution in [0.2, 0.25) is 5.02 Å². The normalized spacial score (nSPS) is 16.0. The van der Waals surface area contributed by atoms with Gasteiger partial charge in [-0.2, -0.15) is 4.31 Å². The van der Waals surface area contributed by atoms with Crippen molar-refractivity contribution in [2.24, 2.45) is 0 Å². The quantitative estimate of drug-likeness (QED) is 0.667. The summed E-state index contributed by atoms with van der Waals surface area (Å²) in [7, 11) is -3.71. The Bertz CT molecular complexity index is 1130. The van der Waals surface area contributed by atoms with Gasteiger partial charge >= 0.3 is 0 Å². The van der Waals surface area contributed by atoms with Gasteiger partial charge in [0.25, 0.3) is 11.8 Å². The van der Waals surface area contributed by atoms with Crippen LogP contribution < -0.4 is 20.3 Å². The number of nitrogens with zero attached hydrogens (tertiary/aromatic N) is 1. The van der Waals surface area contributed by atoms with Crippen LogP contribution in [-0.2, 0) is 10.0 Å². The topological polar surface area (TPSA) is 114 Å². The van der Waals surface area contributed by atoms with Crippen molar-refractivity contribution in [2.75, 3.05) is 26.3 Å². The number of benzene rings is 2. The van der Waals surface area contributed by atoms with E-state index in [1.807, 2.05) is 0 Å². The van der Waals surface area contributed by atoms with Gasteiger partial charge in [-0.3, -0.25) is 20.4 Å². The van der Waals surface area contributed by atoms with Crippen LogP contribution >= 0.6 is 11.6 Å². The molecule has 0 saturated carbocycles. The van der Waals surface area contributed by atoms with E-state index >= 15 is 0 Å². The second-order valence-corrected chi connectivity index (χ2v) is 9.36. The highest BCUT2D eigenvalue weighted by Crippen LogP contribution is 2.30. The van der Waals surface area contributed by atoms with Gasteiger partial charge in [-0.1, -0.05) is 11.6 Å². The van der Waals surface area contributed by atoms with Crippen LogP contribution in [0.15, 0.2) is 41.3 Å². The molecule has 2 aromatic carbocycles. The van der Waals surface area contributed by atoms with E-state index in [-0.39, 0.29) is 21.0 Å². The van der Waals surface area contributed by atoms with E-state index in [1.165, 1.54) is 34.6 Å². The van der Waals surface area contributed by atoms with E-state index < -0.39 is 21.8 Å². The van der Waals surface area contributed by atoms with Gasteiger partial charge in [0.05, 0.1) is 15.5 Å². The summed E-state index contributed by atoms with van der Waals surface area (Å²) in [5.74, 6) is -0.348. The van der Waals surface area contributed by atoms with E-state index in [0.717, 1.165) is 12.8 Å². The summed E-state index contributed by atoms with van der Waals surface area (Å²) in [4.78, 5) is 24.9. The first-order chi connectivity index (χ1) is 14.9. The fraction of sp³-hybridized carbons (Fsp3) is 0.300. The van der Waals surface area contributed by atoms with Crippen LogP contribution in [0.1, 0.15) is 33.6 Å². The van der Waals surface area contributed by atoms with Crippen molar-refractivity contribution in [3.63, 3.8) is 0 Å². The number of halogens is 1. The van der Waals surface area contributed by atoms with Crippen LogP contribution in [-0.4, -0.2) is 50.8 Å². The van der Waals surface area contributed by atoms with Crippen LogP contribution in [0.4, 0.5) is 0 Å². The summed E-state index contributed by atoms with van der Waals surface area (Å²) in [6.07, 6.45) is 1.60. The van der Waals surface area contributed by atoms with Gasteiger partial charge in [0, 0.05) is 18.7 Å². The van der Waals surface area contributed by atoms with Crippen molar-refractivity contribution in [1.29, 1.82) is 0 Å². The van der Waals surface area contributed by atoms with Gasteiger partial charge in [-0.15, -0.1) is 0 Å². The van der Waals surface area contributed by atoms with Crippen LogP contribution in [0.3, 0.4) is 0 Å². The largest absolute Gasteiger partial charge is 0.486 e. The number of nitrogens with one attached hydrogen (secondary N) is 2. The van der Waals surface area contributed by atoms with Crippen molar-refractivity contribution in [2.45, 2.75) is 17.7 Å². The lowest BCUT2D eigenvalue weighted by Gasteiger charge is -2.18. The maximum atomic E-state index is 12.7. The molecule has 0 spiro atoms. The van der Waals surface area contributed by atoms with E-state index in [4.69, 9.17) is 21.1 Å². The number of hydrogen-bond donors (Lipinski definition) is 2. The smallest absolute Gasteiger partial charge is 0.271 e. The van der Waals surface area contributed by atoms with Gasteiger partial charge in [0.15, 0.2) is 11.5 Å². The molecule has 2 aliphatic heterocycles. The number of ether oxygens (including phenoxy) is 2. The van der Waals surface area contributed by atoms with Gasteiger partial charge in [-0.05, 0) is 49.2 Å². The maximum absolute atomic E-state index is 12.7. The Morgan fingerprint density at radius 2 is 1.58 bits per heavy atom. The Labute approximate surface area is 184 Å². The van der Waals surface area contributed by atoms with Gasteiger partial charge in [0.2, 0.25) is 10.0 Å². The summed E-state index contributed by atoms with van der Waals surface area (Å²) in [5, 5.41) is 0.0615. The Kier molecular flexibility index (Phi) is 6.03. The molecule has 31 heavy (non-hydrogen) atoms. The second-order valence-electron chi connectivity index (χ2n) is 7.02. The lowest BCUT2D eigenvalue weighted by molar-refractivity contribution is 0.0846. The average molecular weight is 466 g/mol. The molecule has 0 aliphatic carbocycles. The highest BCUT2D eigenvalue weighted by atomic mass is 35.5. The molecule has 9 nitrogen and oxygen atoms in total. The zero-order chi connectivity index (χ0) is 22.0. The molecular formula is C20H20ClN3O6S. The monoisotopic (exact) mass is 465 g/mol. The molecule has 1 fully saturated rings. The molecule has 0 unspecified atom stereocenters. The molecule has 2 amide bonds. The summed E-state index contributed by atoms with van der Waals surface area (Å²) in [5.41, 5.74) is 4.74. The van der Waals surface area contributed by atoms with Crippen molar-refractivity contribution < 1.29 is 27.5 Å². The number of amides is 2. The minimum Gasteiger partial charge on any atom is -0.486 e. The molecule has 2 aliphatic rings. The zero-order valence-corrected chi connectivity index (χ0v) is 18.0. The van der Waals surface area contributed by atoms with Crippen molar-refractivity contribution in [3.05, 3.63) is 52.5 Å². The number of hydrazine groups is 1. The highest BCUT2D eigenvalue weighted by molar-refractivity contribution is 7.89. The lowest BCUT2D eigenvalue weighted by atomic mass is 10.2. The third-order valence-corrected chi connectivity index (χ3v) is 7.20. The van der Waals surface area contributed by atoms with E-state index in [1.54, 1.807) is 6.07 Å². The minimum absolute atomic E-state index is 0.0258. The molecule has 2 aromatic rings. The van der Waals surface area contributed by atoms with E-state index in [0.29, 0.717) is 37.8 Å². The summed E-state index contributed by atoms with van der Waals surface area (Å²) < 4.78 is 37.7. The third kappa shape index (κ3) is 4.46. The third-order valence-electron chi connectivity index (χ3n) is 4.98. The SMILES string of the molecule is O=C(NNC(=O)c1cc(S(=O)(=O)N2CCCC2)ccc1Cl)c1ccc2c(c1)OCCO2. The first kappa shape index (κ1) is 21.4. The predicted molar refractivity (Wildman–Crippen MR) is 112 cm³/mol. The van der Waals surface area contributed by atoms with Gasteiger partial charge in [0.1, 0.15) is 13.2 Å². The lowest BCUT2D eigenvalue weighted by Crippen LogP contribution is -2.41.